The van der Waals surface area contributed by atoms with Crippen molar-refractivity contribution in [3.63, 3.8) is 0 Å². The Labute approximate surface area is 217 Å². The summed E-state index contributed by atoms with van der Waals surface area (Å²) in [5.74, 6) is -1.06. The molecule has 4 heterocycles. The first kappa shape index (κ1) is 23.6. The number of furan rings is 1. The highest BCUT2D eigenvalue weighted by Crippen LogP contribution is 2.33. The molecule has 2 fully saturated rings. The Morgan fingerprint density at radius 2 is 2.00 bits per heavy atom. The Bertz CT molecular complexity index is 1470. The maximum absolute atomic E-state index is 13.5. The molecule has 2 aromatic carbocycles. The van der Waals surface area contributed by atoms with Gasteiger partial charge < -0.3 is 14.1 Å². The lowest BCUT2D eigenvalue weighted by Gasteiger charge is -2.29. The van der Waals surface area contributed by atoms with Gasteiger partial charge in [0.25, 0.3) is 11.8 Å². The summed E-state index contributed by atoms with van der Waals surface area (Å²) in [6.45, 7) is 2.90. The number of amides is 3. The van der Waals surface area contributed by atoms with Gasteiger partial charge in [0.1, 0.15) is 11.0 Å². The summed E-state index contributed by atoms with van der Waals surface area (Å²) in [5.41, 5.74) is 3.50. The molecule has 0 radical (unpaired) electrons. The quantitative estimate of drug-likeness (QED) is 0.342. The van der Waals surface area contributed by atoms with Crippen molar-refractivity contribution in [2.45, 2.75) is 38.3 Å². The lowest BCUT2D eigenvalue weighted by atomic mass is 10.1. The van der Waals surface area contributed by atoms with Crippen LogP contribution in [0.3, 0.4) is 0 Å². The molecule has 2 aliphatic rings. The minimum atomic E-state index is -0.915. The van der Waals surface area contributed by atoms with Gasteiger partial charge >= 0.3 is 0 Å². The fraction of sp³-hybridized carbons (Fsp3) is 0.286. The molecule has 3 amide bonds. The fourth-order valence-electron chi connectivity index (χ4n) is 4.94. The van der Waals surface area contributed by atoms with E-state index in [1.165, 1.54) is 21.6 Å². The third kappa shape index (κ3) is 4.45. The Kier molecular flexibility index (Phi) is 6.10. The zero-order valence-electron chi connectivity index (χ0n) is 20.3. The van der Waals surface area contributed by atoms with Gasteiger partial charge in [0.15, 0.2) is 5.76 Å². The van der Waals surface area contributed by atoms with Gasteiger partial charge in [0, 0.05) is 18.7 Å². The second-order valence-electron chi connectivity index (χ2n) is 9.39. The van der Waals surface area contributed by atoms with E-state index in [1.54, 1.807) is 35.6 Å². The maximum Gasteiger partial charge on any atom is 0.290 e. The summed E-state index contributed by atoms with van der Waals surface area (Å²) in [7, 11) is 0. The number of aryl methyl sites for hydroxylation is 1. The fourth-order valence-corrected chi connectivity index (χ4v) is 6.01. The highest BCUT2D eigenvalue weighted by molar-refractivity contribution is 7.21. The highest BCUT2D eigenvalue weighted by atomic mass is 32.1. The molecule has 2 saturated heterocycles. The molecule has 0 N–H and O–H groups in total. The van der Waals surface area contributed by atoms with E-state index in [0.717, 1.165) is 33.6 Å². The van der Waals surface area contributed by atoms with E-state index >= 15 is 0 Å². The van der Waals surface area contributed by atoms with Gasteiger partial charge in [-0.1, -0.05) is 6.07 Å². The number of carbonyl (C=O) groups is 3. The monoisotopic (exact) mass is 515 g/mol. The number of carbonyl (C=O) groups excluding carboxylic acids is 3. The number of hydrogen-bond acceptors (Lipinski definition) is 7. The number of imide groups is 1. The van der Waals surface area contributed by atoms with E-state index in [0.29, 0.717) is 12.3 Å². The molecule has 2 aromatic heterocycles. The number of nitrogens with zero attached hydrogens (tertiary/aromatic N) is 3. The van der Waals surface area contributed by atoms with Gasteiger partial charge in [-0.2, -0.15) is 0 Å². The van der Waals surface area contributed by atoms with E-state index in [2.05, 4.69) is 13.0 Å². The van der Waals surface area contributed by atoms with Crippen LogP contribution in [0.5, 0.6) is 0 Å². The Morgan fingerprint density at radius 3 is 2.73 bits per heavy atom. The van der Waals surface area contributed by atoms with Gasteiger partial charge in [0.2, 0.25) is 5.91 Å². The van der Waals surface area contributed by atoms with Crippen LogP contribution in [-0.4, -0.2) is 52.9 Å². The molecule has 8 nitrogen and oxygen atoms in total. The van der Waals surface area contributed by atoms with Crippen molar-refractivity contribution in [3.05, 3.63) is 72.2 Å². The number of anilines is 1. The van der Waals surface area contributed by atoms with Crippen LogP contribution in [-0.2, 0) is 14.3 Å². The summed E-state index contributed by atoms with van der Waals surface area (Å²) >= 11 is 1.60. The number of thiazole rings is 1. The average molecular weight is 516 g/mol. The van der Waals surface area contributed by atoms with Crippen LogP contribution in [0.15, 0.2) is 65.3 Å². The van der Waals surface area contributed by atoms with Crippen molar-refractivity contribution in [1.82, 2.24) is 9.88 Å². The SMILES string of the molecule is Cc1ccc2nc(-c3ccc(N4C(=O)CC(N(CC5CCCO5)C(=O)c5ccco5)C4=O)cc3)sc2c1. The molecule has 37 heavy (non-hydrogen) atoms. The first-order chi connectivity index (χ1) is 18.0. The zero-order valence-corrected chi connectivity index (χ0v) is 21.1. The molecule has 4 aromatic rings. The number of hydrogen-bond donors (Lipinski definition) is 0. The standard InChI is InChI=1S/C28H25N3O5S/c1-17-6-11-21-24(14-17)37-26(29-21)18-7-9-19(10-8-18)31-25(32)15-22(27(31)33)30(16-20-4-2-12-35-20)28(34)23-5-3-13-36-23/h3,5-11,13-14,20,22H,2,4,12,15-16H2,1H3. The minimum Gasteiger partial charge on any atom is -0.459 e. The van der Waals surface area contributed by atoms with Crippen molar-refractivity contribution >= 4 is 45.0 Å². The summed E-state index contributed by atoms with van der Waals surface area (Å²) < 4.78 is 12.1. The van der Waals surface area contributed by atoms with E-state index in [1.807, 2.05) is 24.3 Å². The van der Waals surface area contributed by atoms with Crippen LogP contribution >= 0.6 is 11.3 Å². The van der Waals surface area contributed by atoms with Crippen molar-refractivity contribution < 1.29 is 23.5 Å². The van der Waals surface area contributed by atoms with Crippen molar-refractivity contribution in [2.75, 3.05) is 18.1 Å². The third-order valence-electron chi connectivity index (χ3n) is 6.83. The second-order valence-corrected chi connectivity index (χ2v) is 10.4. The molecule has 0 aliphatic carbocycles. The first-order valence-electron chi connectivity index (χ1n) is 12.3. The van der Waals surface area contributed by atoms with E-state index < -0.39 is 17.9 Å². The zero-order chi connectivity index (χ0) is 25.5. The summed E-state index contributed by atoms with van der Waals surface area (Å²) in [6, 6.07) is 15.7. The lowest BCUT2D eigenvalue weighted by molar-refractivity contribution is -0.122. The summed E-state index contributed by atoms with van der Waals surface area (Å²) in [6.07, 6.45) is 2.86. The number of rotatable bonds is 6. The van der Waals surface area contributed by atoms with E-state index in [9.17, 15) is 14.4 Å². The molecule has 2 atom stereocenters. The molecule has 188 valence electrons. The van der Waals surface area contributed by atoms with Gasteiger partial charge in [-0.05, 0) is 73.9 Å². The first-order valence-corrected chi connectivity index (χ1v) is 13.1. The van der Waals surface area contributed by atoms with Crippen molar-refractivity contribution in [2.24, 2.45) is 0 Å². The van der Waals surface area contributed by atoms with Crippen molar-refractivity contribution in [3.8, 4) is 10.6 Å². The number of aromatic nitrogens is 1. The summed E-state index contributed by atoms with van der Waals surface area (Å²) in [5, 5.41) is 0.871. The third-order valence-corrected chi connectivity index (χ3v) is 7.90. The van der Waals surface area contributed by atoms with Gasteiger partial charge in [-0.15, -0.1) is 11.3 Å². The van der Waals surface area contributed by atoms with Crippen LogP contribution < -0.4 is 4.90 Å². The second kappa shape index (κ2) is 9.57. The molecule has 6 rings (SSSR count). The smallest absolute Gasteiger partial charge is 0.290 e. The van der Waals surface area contributed by atoms with Crippen LogP contribution in [0.1, 0.15) is 35.4 Å². The minimum absolute atomic E-state index is 0.0863. The number of benzene rings is 2. The van der Waals surface area contributed by atoms with Crippen LogP contribution in [0, 0.1) is 6.92 Å². The molecular formula is C28H25N3O5S. The van der Waals surface area contributed by atoms with Crippen molar-refractivity contribution in [1.29, 1.82) is 0 Å². The predicted molar refractivity (Wildman–Crippen MR) is 139 cm³/mol. The normalized spacial score (nSPS) is 19.8. The molecular weight excluding hydrogens is 490 g/mol. The highest BCUT2D eigenvalue weighted by Gasteiger charge is 2.45. The molecule has 9 heteroatoms. The van der Waals surface area contributed by atoms with Crippen LogP contribution in [0.4, 0.5) is 5.69 Å². The molecule has 2 unspecified atom stereocenters. The number of fused-ring (bicyclic) bond motifs is 1. The molecule has 0 spiro atoms. The van der Waals surface area contributed by atoms with Crippen LogP contribution in [0.2, 0.25) is 0 Å². The van der Waals surface area contributed by atoms with E-state index in [4.69, 9.17) is 14.1 Å². The van der Waals surface area contributed by atoms with Gasteiger partial charge in [-0.3, -0.25) is 14.4 Å². The Hall–Kier alpha value is -3.82. The lowest BCUT2D eigenvalue weighted by Crippen LogP contribution is -2.48. The predicted octanol–water partition coefficient (Wildman–Crippen LogP) is 4.82. The molecule has 0 bridgehead atoms. The van der Waals surface area contributed by atoms with Crippen LogP contribution in [0.25, 0.3) is 20.8 Å². The number of ether oxygens (including phenoxy) is 1. The largest absolute Gasteiger partial charge is 0.459 e. The topological polar surface area (TPSA) is 92.9 Å². The average Bonchev–Trinajstić information content (AvgIpc) is 3.70. The maximum atomic E-state index is 13.5. The van der Waals surface area contributed by atoms with E-state index in [-0.39, 0.29) is 30.7 Å². The van der Waals surface area contributed by atoms with Gasteiger partial charge in [0.05, 0.1) is 34.7 Å². The molecule has 0 saturated carbocycles. The molecule has 2 aliphatic heterocycles. The Morgan fingerprint density at radius 1 is 1.16 bits per heavy atom. The Balaban J connectivity index is 1.25. The van der Waals surface area contributed by atoms with Gasteiger partial charge in [-0.25, -0.2) is 9.88 Å². The summed E-state index contributed by atoms with van der Waals surface area (Å²) in [4.78, 5) is 47.2.